The maximum Gasteiger partial charge on any atom is 0.236 e. The highest BCUT2D eigenvalue weighted by Gasteiger charge is 2.10. The summed E-state index contributed by atoms with van der Waals surface area (Å²) < 4.78 is 5.66. The second-order valence-electron chi connectivity index (χ2n) is 6.31. The third-order valence-corrected chi connectivity index (χ3v) is 5.05. The maximum absolute atomic E-state index is 11.7. The Bertz CT molecular complexity index is 947. The van der Waals surface area contributed by atoms with E-state index in [1.807, 2.05) is 36.5 Å². The molecule has 3 N–H and O–H groups in total. The van der Waals surface area contributed by atoms with Gasteiger partial charge in [-0.25, -0.2) is 9.97 Å². The molecule has 0 radical (unpaired) electrons. The first-order valence-corrected chi connectivity index (χ1v) is 10.1. The Labute approximate surface area is 173 Å². The number of rotatable bonds is 9. The fourth-order valence-electron chi connectivity index (χ4n) is 2.47. The van der Waals surface area contributed by atoms with Crippen molar-refractivity contribution in [3.8, 4) is 16.3 Å². The van der Waals surface area contributed by atoms with Gasteiger partial charge in [-0.1, -0.05) is 41.7 Å². The van der Waals surface area contributed by atoms with Gasteiger partial charge in [0.25, 0.3) is 0 Å². The number of likely N-dealkylation sites (N-methyl/N-ethyl adjacent to an activating group) is 1. The maximum atomic E-state index is 11.7. The van der Waals surface area contributed by atoms with Gasteiger partial charge in [0.2, 0.25) is 11.8 Å². The molecular weight excluding hydrogens is 388 g/mol. The number of thiazole rings is 1. The van der Waals surface area contributed by atoms with Gasteiger partial charge in [0.05, 0.1) is 17.5 Å². The van der Waals surface area contributed by atoms with E-state index in [2.05, 4.69) is 30.9 Å². The zero-order valence-electron chi connectivity index (χ0n) is 16.6. The van der Waals surface area contributed by atoms with Crippen LogP contribution >= 0.6 is 11.3 Å². The monoisotopic (exact) mass is 412 g/mol. The van der Waals surface area contributed by atoms with Gasteiger partial charge in [0.1, 0.15) is 18.2 Å². The van der Waals surface area contributed by atoms with E-state index < -0.39 is 0 Å². The first-order valence-electron chi connectivity index (χ1n) is 9.27. The summed E-state index contributed by atoms with van der Waals surface area (Å²) in [7, 11) is 1.74. The van der Waals surface area contributed by atoms with Crippen molar-refractivity contribution in [1.82, 2.24) is 25.6 Å². The highest BCUT2D eigenvalue weighted by atomic mass is 32.1. The molecule has 1 amide bonds. The molecule has 0 saturated carbocycles. The SMILES string of the molecule is CNC(C)C(=O)NCCOc1cc(Nc2ncc(-c3ccccc3)s2)nc(C)n1. The second-order valence-corrected chi connectivity index (χ2v) is 7.34. The Morgan fingerprint density at radius 3 is 2.79 bits per heavy atom. The van der Waals surface area contributed by atoms with Crippen LogP contribution in [-0.2, 0) is 4.79 Å². The van der Waals surface area contributed by atoms with Gasteiger partial charge in [-0.2, -0.15) is 4.98 Å². The van der Waals surface area contributed by atoms with E-state index in [1.54, 1.807) is 38.3 Å². The van der Waals surface area contributed by atoms with Gasteiger partial charge < -0.3 is 20.7 Å². The Balaban J connectivity index is 1.58. The third kappa shape index (κ3) is 5.97. The van der Waals surface area contributed by atoms with Crippen molar-refractivity contribution in [2.24, 2.45) is 0 Å². The number of nitrogens with one attached hydrogen (secondary N) is 3. The lowest BCUT2D eigenvalue weighted by Crippen LogP contribution is -2.41. The highest BCUT2D eigenvalue weighted by molar-refractivity contribution is 7.18. The standard InChI is InChI=1S/C20H24N6O2S/c1-13(21-3)19(27)22-9-10-28-18-11-17(24-14(2)25-18)26-20-23-12-16(29-20)15-7-5-4-6-8-15/h4-8,11-13,21H,9-10H2,1-3H3,(H,22,27)(H,23,24,25,26). The molecule has 3 rings (SSSR count). The smallest absolute Gasteiger partial charge is 0.236 e. The first-order chi connectivity index (χ1) is 14.0. The fraction of sp³-hybridized carbons (Fsp3) is 0.300. The molecule has 152 valence electrons. The lowest BCUT2D eigenvalue weighted by atomic mass is 10.2. The molecule has 0 spiro atoms. The van der Waals surface area contributed by atoms with Crippen molar-refractivity contribution in [3.63, 3.8) is 0 Å². The second kappa shape index (κ2) is 9.94. The predicted molar refractivity (Wildman–Crippen MR) is 115 cm³/mol. The summed E-state index contributed by atoms with van der Waals surface area (Å²) in [5, 5.41) is 9.63. The summed E-state index contributed by atoms with van der Waals surface area (Å²) in [5.41, 5.74) is 1.12. The number of anilines is 2. The molecule has 9 heteroatoms. The summed E-state index contributed by atoms with van der Waals surface area (Å²) in [6, 6.07) is 11.6. The minimum absolute atomic E-state index is 0.0738. The van der Waals surface area contributed by atoms with E-state index in [4.69, 9.17) is 4.74 Å². The molecule has 0 aliphatic rings. The van der Waals surface area contributed by atoms with E-state index in [0.29, 0.717) is 30.7 Å². The van der Waals surface area contributed by atoms with Crippen LogP contribution in [0, 0.1) is 6.92 Å². The first kappa shape index (κ1) is 20.7. The molecule has 2 heterocycles. The molecule has 0 aliphatic heterocycles. The molecule has 3 aromatic rings. The lowest BCUT2D eigenvalue weighted by molar-refractivity contribution is -0.122. The number of benzene rings is 1. The number of ether oxygens (including phenoxy) is 1. The van der Waals surface area contributed by atoms with Gasteiger partial charge in [-0.15, -0.1) is 0 Å². The van der Waals surface area contributed by atoms with Crippen LogP contribution in [0.1, 0.15) is 12.7 Å². The van der Waals surface area contributed by atoms with E-state index >= 15 is 0 Å². The quantitative estimate of drug-likeness (QED) is 0.465. The molecule has 0 fully saturated rings. The zero-order valence-corrected chi connectivity index (χ0v) is 17.4. The minimum atomic E-state index is -0.244. The molecule has 29 heavy (non-hydrogen) atoms. The van der Waals surface area contributed by atoms with Crippen molar-refractivity contribution in [2.45, 2.75) is 19.9 Å². The molecule has 1 unspecified atom stereocenters. The van der Waals surface area contributed by atoms with E-state index in [-0.39, 0.29) is 11.9 Å². The average molecular weight is 413 g/mol. The van der Waals surface area contributed by atoms with Gasteiger partial charge >= 0.3 is 0 Å². The summed E-state index contributed by atoms with van der Waals surface area (Å²) in [6.45, 7) is 4.30. The third-order valence-electron chi connectivity index (χ3n) is 4.09. The molecular formula is C20H24N6O2S. The van der Waals surface area contributed by atoms with E-state index in [1.165, 1.54) is 0 Å². The number of hydrogen-bond donors (Lipinski definition) is 3. The summed E-state index contributed by atoms with van der Waals surface area (Å²) in [4.78, 5) is 25.9. The van der Waals surface area contributed by atoms with Crippen LogP contribution in [0.15, 0.2) is 42.6 Å². The van der Waals surface area contributed by atoms with Crippen LogP contribution in [-0.4, -0.2) is 47.1 Å². The van der Waals surface area contributed by atoms with Crippen molar-refractivity contribution < 1.29 is 9.53 Å². The summed E-state index contributed by atoms with van der Waals surface area (Å²) in [6.07, 6.45) is 1.84. The minimum Gasteiger partial charge on any atom is -0.476 e. The van der Waals surface area contributed by atoms with Crippen molar-refractivity contribution in [2.75, 3.05) is 25.5 Å². The van der Waals surface area contributed by atoms with E-state index in [0.717, 1.165) is 15.6 Å². The highest BCUT2D eigenvalue weighted by Crippen LogP contribution is 2.30. The molecule has 8 nitrogen and oxygen atoms in total. The molecule has 1 aromatic carbocycles. The number of carbonyl (C=O) groups excluding carboxylic acids is 1. The molecule has 0 bridgehead atoms. The lowest BCUT2D eigenvalue weighted by Gasteiger charge is -2.12. The molecule has 0 aliphatic carbocycles. The number of carbonyl (C=O) groups is 1. The van der Waals surface area contributed by atoms with Crippen LogP contribution in [0.2, 0.25) is 0 Å². The average Bonchev–Trinajstić information content (AvgIpc) is 3.19. The molecule has 2 aromatic heterocycles. The largest absolute Gasteiger partial charge is 0.476 e. The predicted octanol–water partition coefficient (Wildman–Crippen LogP) is 2.76. The molecule has 0 saturated heterocycles. The van der Waals surface area contributed by atoms with Crippen LogP contribution in [0.4, 0.5) is 10.9 Å². The van der Waals surface area contributed by atoms with Crippen molar-refractivity contribution >= 4 is 28.2 Å². The Morgan fingerprint density at radius 2 is 2.03 bits per heavy atom. The number of hydrogen-bond acceptors (Lipinski definition) is 8. The Kier molecular flexibility index (Phi) is 7.09. The van der Waals surface area contributed by atoms with E-state index in [9.17, 15) is 4.79 Å². The number of amides is 1. The van der Waals surface area contributed by atoms with Gasteiger partial charge in [0.15, 0.2) is 5.13 Å². The Hall–Kier alpha value is -3.04. The Morgan fingerprint density at radius 1 is 1.24 bits per heavy atom. The summed E-state index contributed by atoms with van der Waals surface area (Å²) >= 11 is 1.55. The fourth-order valence-corrected chi connectivity index (χ4v) is 3.30. The number of nitrogens with zero attached hydrogens (tertiary/aromatic N) is 3. The van der Waals surface area contributed by atoms with Gasteiger partial charge in [-0.3, -0.25) is 4.79 Å². The zero-order chi connectivity index (χ0) is 20.6. The van der Waals surface area contributed by atoms with Crippen molar-refractivity contribution in [3.05, 3.63) is 48.4 Å². The van der Waals surface area contributed by atoms with Crippen LogP contribution < -0.4 is 20.7 Å². The van der Waals surface area contributed by atoms with Crippen LogP contribution in [0.3, 0.4) is 0 Å². The normalized spacial score (nSPS) is 11.7. The summed E-state index contributed by atoms with van der Waals surface area (Å²) in [5.74, 6) is 1.55. The van der Waals surface area contributed by atoms with Crippen LogP contribution in [0.5, 0.6) is 5.88 Å². The van der Waals surface area contributed by atoms with Gasteiger partial charge in [0, 0.05) is 12.3 Å². The topological polar surface area (TPSA) is 101 Å². The van der Waals surface area contributed by atoms with Gasteiger partial charge in [-0.05, 0) is 26.5 Å². The van der Waals surface area contributed by atoms with Crippen LogP contribution in [0.25, 0.3) is 10.4 Å². The molecule has 1 atom stereocenters. The van der Waals surface area contributed by atoms with Crippen molar-refractivity contribution in [1.29, 1.82) is 0 Å². The number of aromatic nitrogens is 3. The number of aryl methyl sites for hydroxylation is 1.